The van der Waals surface area contributed by atoms with Gasteiger partial charge < -0.3 is 15.3 Å². The van der Waals surface area contributed by atoms with Crippen LogP contribution in [0.1, 0.15) is 19.1 Å². The van der Waals surface area contributed by atoms with Gasteiger partial charge in [-0.1, -0.05) is 0 Å². The van der Waals surface area contributed by atoms with Crippen molar-refractivity contribution in [2.24, 2.45) is 5.73 Å². The third kappa shape index (κ3) is 3.28. The molecule has 3 N–H and O–H groups in total. The average Bonchev–Trinajstić information content (AvgIpc) is 2.51. The van der Waals surface area contributed by atoms with Gasteiger partial charge in [-0.25, -0.2) is 0 Å². The maximum absolute atomic E-state index is 10.7. The first-order valence-electron chi connectivity index (χ1n) is 4.62. The van der Waals surface area contributed by atoms with Crippen LogP contribution < -0.4 is 5.73 Å². The van der Waals surface area contributed by atoms with Gasteiger partial charge in [0.05, 0.1) is 6.26 Å². The van der Waals surface area contributed by atoms with Gasteiger partial charge in [0.25, 0.3) is 0 Å². The van der Waals surface area contributed by atoms with Crippen LogP contribution in [0.15, 0.2) is 21.6 Å². The van der Waals surface area contributed by atoms with E-state index in [2.05, 4.69) is 0 Å². The standard InChI is InChI=1S/C10H15NO3S/c1-7-8(3-5-14-7)15-6-4-10(2,11)9(12)13/h3,5H,4,6,11H2,1-2H3,(H,12,13). The Kier molecular flexibility index (Phi) is 3.82. The van der Waals surface area contributed by atoms with Gasteiger partial charge in [0, 0.05) is 10.6 Å². The van der Waals surface area contributed by atoms with Gasteiger partial charge in [-0.3, -0.25) is 4.79 Å². The van der Waals surface area contributed by atoms with Crippen LogP contribution in [0.4, 0.5) is 0 Å². The first-order valence-corrected chi connectivity index (χ1v) is 5.61. The molecule has 0 saturated heterocycles. The van der Waals surface area contributed by atoms with E-state index in [-0.39, 0.29) is 0 Å². The van der Waals surface area contributed by atoms with E-state index in [0.29, 0.717) is 12.2 Å². The number of rotatable bonds is 5. The number of nitrogens with two attached hydrogens (primary N) is 1. The van der Waals surface area contributed by atoms with E-state index < -0.39 is 11.5 Å². The summed E-state index contributed by atoms with van der Waals surface area (Å²) in [7, 11) is 0. The smallest absolute Gasteiger partial charge is 0.323 e. The molecule has 15 heavy (non-hydrogen) atoms. The summed E-state index contributed by atoms with van der Waals surface area (Å²) >= 11 is 1.56. The lowest BCUT2D eigenvalue weighted by molar-refractivity contribution is -0.142. The molecular formula is C10H15NO3S. The molecule has 0 aliphatic heterocycles. The fraction of sp³-hybridized carbons (Fsp3) is 0.500. The largest absolute Gasteiger partial charge is 0.480 e. The Labute approximate surface area is 92.8 Å². The summed E-state index contributed by atoms with van der Waals surface area (Å²) in [6, 6.07) is 1.87. The lowest BCUT2D eigenvalue weighted by atomic mass is 10.0. The third-order valence-corrected chi connectivity index (χ3v) is 3.32. The van der Waals surface area contributed by atoms with Crippen LogP contribution in [0.2, 0.25) is 0 Å². The number of carboxylic acids is 1. The quantitative estimate of drug-likeness (QED) is 0.754. The predicted molar refractivity (Wildman–Crippen MR) is 59.0 cm³/mol. The van der Waals surface area contributed by atoms with Gasteiger partial charge in [-0.2, -0.15) is 0 Å². The van der Waals surface area contributed by atoms with Crippen LogP contribution in [0.25, 0.3) is 0 Å². The van der Waals surface area contributed by atoms with Crippen molar-refractivity contribution in [3.05, 3.63) is 18.1 Å². The predicted octanol–water partition coefficient (Wildman–Crippen LogP) is 1.87. The van der Waals surface area contributed by atoms with Gasteiger partial charge in [0.1, 0.15) is 11.3 Å². The Morgan fingerprint density at radius 1 is 1.73 bits per heavy atom. The second-order valence-corrected chi connectivity index (χ2v) is 4.80. The highest BCUT2D eigenvalue weighted by atomic mass is 32.2. The van der Waals surface area contributed by atoms with Crippen LogP contribution in [-0.4, -0.2) is 22.4 Å². The number of carbonyl (C=O) groups is 1. The minimum Gasteiger partial charge on any atom is -0.480 e. The number of aryl methyl sites for hydroxylation is 1. The number of thioether (sulfide) groups is 1. The average molecular weight is 229 g/mol. The number of furan rings is 1. The van der Waals surface area contributed by atoms with Crippen molar-refractivity contribution >= 4 is 17.7 Å². The maximum Gasteiger partial charge on any atom is 0.323 e. The summed E-state index contributed by atoms with van der Waals surface area (Å²) in [5.41, 5.74) is 4.45. The number of hydrogen-bond donors (Lipinski definition) is 2. The number of aliphatic carboxylic acids is 1. The van der Waals surface area contributed by atoms with Crippen molar-refractivity contribution in [1.82, 2.24) is 0 Å². The first kappa shape index (κ1) is 12.1. The Hall–Kier alpha value is -0.940. The van der Waals surface area contributed by atoms with Crippen LogP contribution in [0, 0.1) is 6.92 Å². The van der Waals surface area contributed by atoms with E-state index in [1.807, 2.05) is 13.0 Å². The van der Waals surface area contributed by atoms with E-state index in [4.69, 9.17) is 15.3 Å². The second-order valence-electron chi connectivity index (χ2n) is 3.66. The molecule has 1 heterocycles. The minimum atomic E-state index is -1.15. The SMILES string of the molecule is Cc1occc1SCCC(C)(N)C(=O)O. The summed E-state index contributed by atoms with van der Waals surface area (Å²) in [5, 5.41) is 8.80. The highest BCUT2D eigenvalue weighted by molar-refractivity contribution is 7.99. The zero-order valence-corrected chi connectivity index (χ0v) is 9.63. The van der Waals surface area contributed by atoms with E-state index in [9.17, 15) is 4.79 Å². The first-order chi connectivity index (χ1) is 6.93. The molecular weight excluding hydrogens is 214 g/mol. The minimum absolute atomic E-state index is 0.428. The molecule has 1 rings (SSSR count). The maximum atomic E-state index is 10.7. The Morgan fingerprint density at radius 3 is 2.87 bits per heavy atom. The highest BCUT2D eigenvalue weighted by Crippen LogP contribution is 2.25. The van der Waals surface area contributed by atoms with Crippen molar-refractivity contribution < 1.29 is 14.3 Å². The molecule has 1 aromatic rings. The molecule has 0 radical (unpaired) electrons. The van der Waals surface area contributed by atoms with Crippen molar-refractivity contribution in [1.29, 1.82) is 0 Å². The Morgan fingerprint density at radius 2 is 2.40 bits per heavy atom. The normalized spacial score (nSPS) is 14.9. The molecule has 0 aliphatic rings. The molecule has 0 saturated carbocycles. The van der Waals surface area contributed by atoms with E-state index >= 15 is 0 Å². The van der Waals surface area contributed by atoms with Crippen molar-refractivity contribution in [3.8, 4) is 0 Å². The van der Waals surface area contributed by atoms with Crippen molar-refractivity contribution in [3.63, 3.8) is 0 Å². The van der Waals surface area contributed by atoms with Crippen LogP contribution >= 0.6 is 11.8 Å². The monoisotopic (exact) mass is 229 g/mol. The highest BCUT2D eigenvalue weighted by Gasteiger charge is 2.27. The van der Waals surface area contributed by atoms with Crippen molar-refractivity contribution in [2.75, 3.05) is 5.75 Å². The summed E-state index contributed by atoms with van der Waals surface area (Å²) in [6.45, 7) is 3.40. The molecule has 0 aliphatic carbocycles. The summed E-state index contributed by atoms with van der Waals surface area (Å²) in [4.78, 5) is 11.8. The van der Waals surface area contributed by atoms with Crippen LogP contribution in [0.5, 0.6) is 0 Å². The van der Waals surface area contributed by atoms with Crippen LogP contribution in [-0.2, 0) is 4.79 Å². The van der Waals surface area contributed by atoms with Gasteiger partial charge in [-0.05, 0) is 26.3 Å². The fourth-order valence-electron chi connectivity index (χ4n) is 1.00. The zero-order valence-electron chi connectivity index (χ0n) is 8.82. The van der Waals surface area contributed by atoms with Gasteiger partial charge in [0.2, 0.25) is 0 Å². The lowest BCUT2D eigenvalue weighted by Gasteiger charge is -2.18. The molecule has 0 spiro atoms. The topological polar surface area (TPSA) is 76.5 Å². The molecule has 84 valence electrons. The molecule has 5 heteroatoms. The molecule has 1 atom stereocenters. The fourth-order valence-corrected chi connectivity index (χ4v) is 2.15. The Bertz CT molecular complexity index is 346. The summed E-state index contributed by atoms with van der Waals surface area (Å²) in [6.07, 6.45) is 2.05. The zero-order chi connectivity index (χ0) is 11.5. The molecule has 0 bridgehead atoms. The molecule has 0 fully saturated rings. The van der Waals surface area contributed by atoms with E-state index in [0.717, 1.165) is 10.7 Å². The molecule has 0 aromatic carbocycles. The summed E-state index contributed by atoms with van der Waals surface area (Å²) in [5.74, 6) is 0.556. The molecule has 1 unspecified atom stereocenters. The van der Waals surface area contributed by atoms with Gasteiger partial charge >= 0.3 is 5.97 Å². The second kappa shape index (κ2) is 4.72. The number of carboxylic acid groups (broad SMARTS) is 1. The van der Waals surface area contributed by atoms with Gasteiger partial charge in [0.15, 0.2) is 0 Å². The van der Waals surface area contributed by atoms with E-state index in [1.165, 1.54) is 6.92 Å². The van der Waals surface area contributed by atoms with Crippen molar-refractivity contribution in [2.45, 2.75) is 30.7 Å². The lowest BCUT2D eigenvalue weighted by Crippen LogP contribution is -2.45. The summed E-state index contributed by atoms with van der Waals surface area (Å²) < 4.78 is 5.13. The molecule has 1 aromatic heterocycles. The third-order valence-electron chi connectivity index (χ3n) is 2.18. The van der Waals surface area contributed by atoms with Crippen LogP contribution in [0.3, 0.4) is 0 Å². The van der Waals surface area contributed by atoms with E-state index in [1.54, 1.807) is 18.0 Å². The molecule has 0 amide bonds. The Balaban J connectivity index is 2.40. The number of hydrogen-bond acceptors (Lipinski definition) is 4. The van der Waals surface area contributed by atoms with Gasteiger partial charge in [-0.15, -0.1) is 11.8 Å². The molecule has 4 nitrogen and oxygen atoms in total.